The number of hydrogen-bond donors (Lipinski definition) is 1. The average molecular weight is 563 g/mol. The van der Waals surface area contributed by atoms with Gasteiger partial charge in [-0.05, 0) is 42.3 Å². The molecule has 1 saturated carbocycles. The van der Waals surface area contributed by atoms with E-state index in [2.05, 4.69) is 5.32 Å². The first-order valence-electron chi connectivity index (χ1n) is 10.2. The van der Waals surface area contributed by atoms with Crippen molar-refractivity contribution < 1.29 is 23.1 Å². The van der Waals surface area contributed by atoms with Crippen molar-refractivity contribution in [2.45, 2.75) is 23.6 Å². The minimum atomic E-state index is -1.45. The highest BCUT2D eigenvalue weighted by molar-refractivity contribution is 6.53. The molecule has 1 amide bonds. The molecule has 0 radical (unpaired) electrons. The van der Waals surface area contributed by atoms with Gasteiger partial charge in [-0.2, -0.15) is 0 Å². The van der Waals surface area contributed by atoms with Crippen LogP contribution in [0.25, 0.3) is 0 Å². The number of carbonyl (C=O) groups is 2. The zero-order chi connectivity index (χ0) is 24.8. The maximum atomic E-state index is 14.6. The van der Waals surface area contributed by atoms with Gasteiger partial charge in [0.25, 0.3) is 0 Å². The first kappa shape index (κ1) is 27.3. The summed E-state index contributed by atoms with van der Waals surface area (Å²) in [6, 6.07) is 13.7. The maximum absolute atomic E-state index is 14.6. The summed E-state index contributed by atoms with van der Waals surface area (Å²) in [6.45, 7) is 1.92. The lowest BCUT2D eigenvalue weighted by Gasteiger charge is -2.10. The average Bonchev–Trinajstić information content (AvgIpc) is 3.36. The topological polar surface area (TPSA) is 46.2 Å². The number of aryl methyl sites for hydroxylation is 1. The molecule has 0 spiro atoms. The van der Waals surface area contributed by atoms with E-state index in [1.54, 1.807) is 12.1 Å². The van der Waals surface area contributed by atoms with Gasteiger partial charge in [-0.15, -0.1) is 23.2 Å². The second-order valence-electron chi connectivity index (χ2n) is 8.20. The van der Waals surface area contributed by atoms with Crippen molar-refractivity contribution in [3.8, 4) is 0 Å². The number of alkyl halides is 2. The number of anilines is 1. The summed E-state index contributed by atoms with van der Waals surface area (Å²) in [4.78, 5) is 25.7. The third-order valence-corrected chi connectivity index (χ3v) is 7.23. The van der Waals surface area contributed by atoms with Crippen LogP contribution in [0, 0.1) is 24.5 Å². The van der Waals surface area contributed by atoms with Gasteiger partial charge in [0.1, 0.15) is 10.2 Å². The maximum Gasteiger partial charge on any atom is 0.231 e. The van der Waals surface area contributed by atoms with E-state index in [1.807, 2.05) is 19.1 Å². The molecule has 3 aromatic rings. The van der Waals surface area contributed by atoms with Crippen molar-refractivity contribution in [2.75, 3.05) is 5.32 Å². The number of ketones is 1. The van der Waals surface area contributed by atoms with E-state index in [0.717, 1.165) is 5.56 Å². The standard InChI is InChI=1S/C25H17Cl4F2NO2.FH/c1-12-2-4-13(5-3-12)8-20(33)16-10-15(11-18(27)23(16)31)32-24(34)22-21(25(22,28)29)14-6-7-19(30)17(26)9-14;/h2-7,9-11,21-22H,8H2,1H3,(H,32,34);1H. The van der Waals surface area contributed by atoms with Crippen molar-refractivity contribution in [1.82, 2.24) is 0 Å². The van der Waals surface area contributed by atoms with Crippen LogP contribution in [0.5, 0.6) is 0 Å². The zero-order valence-electron chi connectivity index (χ0n) is 18.1. The Bertz CT molecular complexity index is 1300. The van der Waals surface area contributed by atoms with Crippen LogP contribution >= 0.6 is 46.4 Å². The van der Waals surface area contributed by atoms with Crippen LogP contribution in [0.15, 0.2) is 54.6 Å². The summed E-state index contributed by atoms with van der Waals surface area (Å²) < 4.78 is 26.7. The second-order valence-corrected chi connectivity index (χ2v) is 10.5. The van der Waals surface area contributed by atoms with Gasteiger partial charge in [-0.1, -0.05) is 59.1 Å². The van der Waals surface area contributed by atoms with Gasteiger partial charge in [-0.3, -0.25) is 14.3 Å². The molecule has 0 saturated heterocycles. The number of halogens is 7. The molecular formula is C25H18Cl4F3NO2. The first-order chi connectivity index (χ1) is 16.0. The summed E-state index contributed by atoms with van der Waals surface area (Å²) in [5.41, 5.74) is 2.13. The Hall–Kier alpha value is -2.25. The monoisotopic (exact) mass is 561 g/mol. The van der Waals surface area contributed by atoms with E-state index in [-0.39, 0.29) is 32.4 Å². The Kier molecular flexibility index (Phi) is 8.12. The fourth-order valence-electron chi connectivity index (χ4n) is 3.84. The molecule has 184 valence electrons. The van der Waals surface area contributed by atoms with E-state index in [4.69, 9.17) is 46.4 Å². The molecule has 0 bridgehead atoms. The van der Waals surface area contributed by atoms with E-state index in [9.17, 15) is 18.4 Å². The van der Waals surface area contributed by atoms with Gasteiger partial charge < -0.3 is 5.32 Å². The van der Waals surface area contributed by atoms with Gasteiger partial charge in [-0.25, -0.2) is 8.78 Å². The Morgan fingerprint density at radius 2 is 1.63 bits per heavy atom. The van der Waals surface area contributed by atoms with E-state index in [1.165, 1.54) is 30.3 Å². The second kappa shape index (κ2) is 10.4. The minimum absolute atomic E-state index is 0. The molecule has 0 heterocycles. The molecule has 2 atom stereocenters. The third-order valence-electron chi connectivity index (χ3n) is 5.72. The van der Waals surface area contributed by atoms with Crippen molar-refractivity contribution in [1.29, 1.82) is 0 Å². The minimum Gasteiger partial charge on any atom is -0.326 e. The summed E-state index contributed by atoms with van der Waals surface area (Å²) in [5.74, 6) is -4.04. The summed E-state index contributed by atoms with van der Waals surface area (Å²) in [6.07, 6.45) is -0.0343. The molecular weight excluding hydrogens is 545 g/mol. The van der Waals surface area contributed by atoms with Crippen LogP contribution in [0.3, 0.4) is 0 Å². The summed E-state index contributed by atoms with van der Waals surface area (Å²) in [7, 11) is 0. The lowest BCUT2D eigenvalue weighted by Crippen LogP contribution is -2.18. The van der Waals surface area contributed by atoms with Gasteiger partial charge in [0.2, 0.25) is 5.91 Å². The van der Waals surface area contributed by atoms with Gasteiger partial charge >= 0.3 is 0 Å². The molecule has 0 aromatic heterocycles. The smallest absolute Gasteiger partial charge is 0.231 e. The zero-order valence-corrected chi connectivity index (χ0v) is 21.1. The van der Waals surface area contributed by atoms with Crippen molar-refractivity contribution in [3.05, 3.63) is 98.5 Å². The molecule has 1 fully saturated rings. The van der Waals surface area contributed by atoms with Crippen molar-refractivity contribution >= 4 is 63.8 Å². The molecule has 10 heteroatoms. The van der Waals surface area contributed by atoms with E-state index >= 15 is 0 Å². The number of benzene rings is 3. The van der Waals surface area contributed by atoms with E-state index < -0.39 is 39.5 Å². The molecule has 0 aliphatic heterocycles. The number of hydrogen-bond acceptors (Lipinski definition) is 2. The molecule has 3 nitrogen and oxygen atoms in total. The number of nitrogens with one attached hydrogen (secondary N) is 1. The SMILES string of the molecule is Cc1ccc(CC(=O)c2cc(NC(=O)C3C(c4ccc(F)c(Cl)c4)C3(Cl)Cl)cc(Cl)c2F)cc1.F. The predicted octanol–water partition coefficient (Wildman–Crippen LogP) is 7.68. The van der Waals surface area contributed by atoms with Gasteiger partial charge in [0.05, 0.1) is 21.5 Å². The van der Waals surface area contributed by atoms with Gasteiger partial charge in [0, 0.05) is 18.0 Å². The largest absolute Gasteiger partial charge is 0.326 e. The highest BCUT2D eigenvalue weighted by atomic mass is 35.5. The van der Waals surface area contributed by atoms with Crippen LogP contribution < -0.4 is 5.32 Å². The van der Waals surface area contributed by atoms with Crippen LogP contribution in [0.2, 0.25) is 10.0 Å². The van der Waals surface area contributed by atoms with Crippen LogP contribution in [0.1, 0.15) is 33.0 Å². The number of amides is 1. The number of carbonyl (C=O) groups excluding carboxylic acids is 2. The normalized spacial score (nSPS) is 17.9. The molecule has 1 aliphatic rings. The molecule has 1 N–H and O–H groups in total. The number of rotatable bonds is 6. The van der Waals surface area contributed by atoms with Crippen LogP contribution in [-0.2, 0) is 11.2 Å². The molecule has 4 rings (SSSR count). The fraction of sp³-hybridized carbons (Fsp3) is 0.200. The summed E-state index contributed by atoms with van der Waals surface area (Å²) >= 11 is 24.5. The highest BCUT2D eigenvalue weighted by Crippen LogP contribution is 2.65. The van der Waals surface area contributed by atoms with Crippen LogP contribution in [0.4, 0.5) is 19.2 Å². The van der Waals surface area contributed by atoms with Gasteiger partial charge in [0.15, 0.2) is 11.6 Å². The van der Waals surface area contributed by atoms with Crippen molar-refractivity contribution in [2.24, 2.45) is 5.92 Å². The highest BCUT2D eigenvalue weighted by Gasteiger charge is 2.67. The Labute approximate surface area is 219 Å². The molecule has 1 aliphatic carbocycles. The first-order valence-corrected chi connectivity index (χ1v) is 11.7. The molecule has 3 aromatic carbocycles. The third kappa shape index (κ3) is 5.61. The lowest BCUT2D eigenvalue weighted by atomic mass is 10.0. The van der Waals surface area contributed by atoms with Crippen LogP contribution in [-0.4, -0.2) is 16.0 Å². The quantitative estimate of drug-likeness (QED) is 0.247. The molecule has 2 unspecified atom stereocenters. The number of Topliss-reactive ketones (excluding diaryl/α,β-unsaturated/α-hetero) is 1. The molecule has 35 heavy (non-hydrogen) atoms. The van der Waals surface area contributed by atoms with Crippen molar-refractivity contribution in [3.63, 3.8) is 0 Å². The lowest BCUT2D eigenvalue weighted by molar-refractivity contribution is -0.117. The summed E-state index contributed by atoms with van der Waals surface area (Å²) in [5, 5.41) is 2.17. The fourth-order valence-corrected chi connectivity index (χ4v) is 5.08. The predicted molar refractivity (Wildman–Crippen MR) is 134 cm³/mol. The van der Waals surface area contributed by atoms with E-state index in [0.29, 0.717) is 11.1 Å². The Morgan fingerprint density at radius 3 is 2.26 bits per heavy atom. The Balaban J connectivity index is 0.00000342. The Morgan fingerprint density at radius 1 is 0.971 bits per heavy atom.